The molecule has 0 aliphatic carbocycles. The SMILES string of the molecule is CCCC[SH+](=O)c1sc2nc(-c3cccs3)cc(-c3ccccc3)c2c1N. The van der Waals surface area contributed by atoms with Gasteiger partial charge in [0.05, 0.1) is 10.6 Å². The number of unbranched alkanes of at least 4 members (excludes halogenated alkanes) is 1. The third-order valence-corrected chi connectivity index (χ3v) is 8.57. The summed E-state index contributed by atoms with van der Waals surface area (Å²) in [4.78, 5) is 6.86. The summed E-state index contributed by atoms with van der Waals surface area (Å²) in [6, 6.07) is 16.4. The van der Waals surface area contributed by atoms with Crippen molar-refractivity contribution < 1.29 is 4.21 Å². The lowest BCUT2D eigenvalue weighted by Gasteiger charge is -2.07. The summed E-state index contributed by atoms with van der Waals surface area (Å²) in [7, 11) is -1.48. The normalized spacial score (nSPS) is 12.5. The molecule has 4 aromatic rings. The van der Waals surface area contributed by atoms with Crippen LogP contribution in [0.2, 0.25) is 0 Å². The maximum atomic E-state index is 12.8. The van der Waals surface area contributed by atoms with Gasteiger partial charge in [0.1, 0.15) is 27.1 Å². The third-order valence-electron chi connectivity index (χ3n) is 4.48. The van der Waals surface area contributed by atoms with Crippen LogP contribution in [0, 0.1) is 0 Å². The molecule has 0 amide bonds. The van der Waals surface area contributed by atoms with E-state index in [1.165, 1.54) is 11.3 Å². The summed E-state index contributed by atoms with van der Waals surface area (Å²) < 4.78 is 13.6. The zero-order chi connectivity index (χ0) is 18.8. The first-order chi connectivity index (χ1) is 13.2. The van der Waals surface area contributed by atoms with Crippen LogP contribution in [0.25, 0.3) is 31.9 Å². The van der Waals surface area contributed by atoms with Crippen molar-refractivity contribution in [3.05, 3.63) is 53.9 Å². The van der Waals surface area contributed by atoms with Crippen LogP contribution in [-0.2, 0) is 15.0 Å². The maximum Gasteiger partial charge on any atom is 0.235 e. The van der Waals surface area contributed by atoms with Crippen molar-refractivity contribution in [2.75, 3.05) is 11.5 Å². The second-order valence-corrected chi connectivity index (χ2v) is 10.3. The van der Waals surface area contributed by atoms with Gasteiger partial charge in [0.2, 0.25) is 4.21 Å². The highest BCUT2D eigenvalue weighted by molar-refractivity contribution is 7.87. The zero-order valence-corrected chi connectivity index (χ0v) is 17.5. The summed E-state index contributed by atoms with van der Waals surface area (Å²) in [5.41, 5.74) is 10.2. The summed E-state index contributed by atoms with van der Waals surface area (Å²) in [6.07, 6.45) is 1.98. The van der Waals surface area contributed by atoms with Gasteiger partial charge in [0, 0.05) is 5.39 Å². The van der Waals surface area contributed by atoms with E-state index in [1.54, 1.807) is 11.3 Å². The molecule has 138 valence electrons. The molecule has 0 spiro atoms. The van der Waals surface area contributed by atoms with Crippen molar-refractivity contribution in [3.63, 3.8) is 0 Å². The van der Waals surface area contributed by atoms with E-state index in [0.29, 0.717) is 11.4 Å². The fraction of sp³-hybridized carbons (Fsp3) is 0.190. The number of benzene rings is 1. The second kappa shape index (κ2) is 7.92. The van der Waals surface area contributed by atoms with E-state index in [4.69, 9.17) is 10.7 Å². The Morgan fingerprint density at radius 1 is 1.15 bits per heavy atom. The largest absolute Gasteiger partial charge is 0.393 e. The molecule has 1 unspecified atom stereocenters. The number of thiol groups is 1. The van der Waals surface area contributed by atoms with E-state index in [0.717, 1.165) is 49.0 Å². The van der Waals surface area contributed by atoms with Crippen molar-refractivity contribution >= 4 is 49.4 Å². The Kier molecular flexibility index (Phi) is 5.38. The number of anilines is 1. The quantitative estimate of drug-likeness (QED) is 0.306. The molecular formula is C21H21N2OS3+. The molecule has 2 N–H and O–H groups in total. The highest BCUT2D eigenvalue weighted by Gasteiger charge is 2.24. The zero-order valence-electron chi connectivity index (χ0n) is 15.0. The molecule has 0 saturated heterocycles. The molecule has 0 aliphatic rings. The van der Waals surface area contributed by atoms with E-state index in [2.05, 4.69) is 36.6 Å². The molecule has 0 radical (unpaired) electrons. The standard InChI is InChI=1S/C21H20N2OS3/c1-2-3-12-27(24)21-19(22)18-15(14-8-5-4-6-9-14)13-16(23-20(18)26-21)17-10-7-11-25-17/h4-11,13H,2-3,12,22H2,1H3/p+1. The van der Waals surface area contributed by atoms with Crippen molar-refractivity contribution in [2.24, 2.45) is 0 Å². The number of nitrogens with zero attached hydrogens (tertiary/aromatic N) is 1. The molecule has 4 rings (SSSR count). The summed E-state index contributed by atoms with van der Waals surface area (Å²) in [6.45, 7) is 2.11. The first kappa shape index (κ1) is 18.3. The van der Waals surface area contributed by atoms with Gasteiger partial charge in [-0.1, -0.05) is 61.1 Å². The van der Waals surface area contributed by atoms with Crippen LogP contribution in [0.4, 0.5) is 5.69 Å². The van der Waals surface area contributed by atoms with Crippen LogP contribution in [0.1, 0.15) is 19.8 Å². The molecule has 6 heteroatoms. The van der Waals surface area contributed by atoms with Crippen molar-refractivity contribution in [1.82, 2.24) is 4.98 Å². The van der Waals surface area contributed by atoms with Crippen LogP contribution in [-0.4, -0.2) is 10.7 Å². The predicted molar refractivity (Wildman–Crippen MR) is 120 cm³/mol. The Morgan fingerprint density at radius 3 is 2.67 bits per heavy atom. The molecule has 0 aliphatic heterocycles. The molecule has 0 fully saturated rings. The number of rotatable bonds is 6. The second-order valence-electron chi connectivity index (χ2n) is 6.36. The number of thiophene rings is 2. The van der Waals surface area contributed by atoms with E-state index in [1.807, 2.05) is 24.3 Å². The predicted octanol–water partition coefficient (Wildman–Crippen LogP) is 6.13. The van der Waals surface area contributed by atoms with E-state index < -0.39 is 10.8 Å². The van der Waals surface area contributed by atoms with Crippen LogP contribution < -0.4 is 5.73 Å². The number of nitrogens with two attached hydrogens (primary N) is 1. The first-order valence-corrected chi connectivity index (χ1v) is 12.1. The lowest BCUT2D eigenvalue weighted by atomic mass is 10.0. The van der Waals surface area contributed by atoms with Gasteiger partial charge in [0.15, 0.2) is 0 Å². The summed E-state index contributed by atoms with van der Waals surface area (Å²) in [5, 5.41) is 2.99. The average molecular weight is 414 g/mol. The smallest absolute Gasteiger partial charge is 0.235 e. The van der Waals surface area contributed by atoms with Crippen LogP contribution in [0.3, 0.4) is 0 Å². The summed E-state index contributed by atoms with van der Waals surface area (Å²) in [5.74, 6) is 0.682. The Bertz CT molecular complexity index is 1090. The Morgan fingerprint density at radius 2 is 1.96 bits per heavy atom. The number of hydrogen-bond donors (Lipinski definition) is 1. The van der Waals surface area contributed by atoms with Gasteiger partial charge < -0.3 is 5.73 Å². The lowest BCUT2D eigenvalue weighted by molar-refractivity contribution is 0.595. The molecule has 3 aromatic heterocycles. The molecule has 1 atom stereocenters. The van der Waals surface area contributed by atoms with Gasteiger partial charge >= 0.3 is 0 Å². The minimum atomic E-state index is -1.48. The number of fused-ring (bicyclic) bond motifs is 1. The van der Waals surface area contributed by atoms with Crippen molar-refractivity contribution in [2.45, 2.75) is 24.0 Å². The van der Waals surface area contributed by atoms with Crippen LogP contribution >= 0.6 is 22.7 Å². The fourth-order valence-corrected chi connectivity index (χ4v) is 6.77. The molecular weight excluding hydrogens is 392 g/mol. The van der Waals surface area contributed by atoms with Gasteiger partial charge in [-0.2, -0.15) is 0 Å². The molecule has 0 saturated carbocycles. The number of aromatic nitrogens is 1. The van der Waals surface area contributed by atoms with E-state index in [-0.39, 0.29) is 0 Å². The highest BCUT2D eigenvalue weighted by Crippen LogP contribution is 2.43. The number of pyridine rings is 1. The van der Waals surface area contributed by atoms with Crippen LogP contribution in [0.15, 0.2) is 58.1 Å². The monoisotopic (exact) mass is 413 g/mol. The Labute approximate surface area is 169 Å². The minimum Gasteiger partial charge on any atom is -0.393 e. The Balaban J connectivity index is 1.95. The maximum absolute atomic E-state index is 12.8. The average Bonchev–Trinajstić information content (AvgIpc) is 3.35. The minimum absolute atomic E-state index is 0.635. The lowest BCUT2D eigenvalue weighted by Crippen LogP contribution is -1.98. The summed E-state index contributed by atoms with van der Waals surface area (Å²) >= 11 is 3.16. The molecule has 1 aromatic carbocycles. The van der Waals surface area contributed by atoms with Crippen LogP contribution in [0.5, 0.6) is 0 Å². The van der Waals surface area contributed by atoms with E-state index in [9.17, 15) is 4.21 Å². The van der Waals surface area contributed by atoms with Gasteiger partial charge in [-0.25, -0.2) is 4.98 Å². The fourth-order valence-electron chi connectivity index (χ4n) is 3.09. The van der Waals surface area contributed by atoms with Gasteiger partial charge in [0.25, 0.3) is 0 Å². The number of nitrogen functional groups attached to an aromatic ring is 1. The Hall–Kier alpha value is -2.02. The molecule has 0 bridgehead atoms. The highest BCUT2D eigenvalue weighted by atomic mass is 32.2. The van der Waals surface area contributed by atoms with Gasteiger partial charge in [-0.15, -0.1) is 15.5 Å². The van der Waals surface area contributed by atoms with Gasteiger partial charge in [-0.3, -0.25) is 0 Å². The van der Waals surface area contributed by atoms with Crippen molar-refractivity contribution in [3.8, 4) is 21.7 Å². The molecule has 3 nitrogen and oxygen atoms in total. The number of hydrogen-bond acceptors (Lipinski definition) is 5. The molecule has 3 heterocycles. The molecule has 27 heavy (non-hydrogen) atoms. The topological polar surface area (TPSA) is 56.0 Å². The first-order valence-electron chi connectivity index (χ1n) is 8.96. The van der Waals surface area contributed by atoms with Crippen molar-refractivity contribution in [1.29, 1.82) is 0 Å². The third kappa shape index (κ3) is 3.57. The van der Waals surface area contributed by atoms with Gasteiger partial charge in [-0.05, 0) is 35.1 Å². The van der Waals surface area contributed by atoms with E-state index >= 15 is 0 Å².